The zero-order chi connectivity index (χ0) is 51.3. The van der Waals surface area contributed by atoms with Crippen LogP contribution in [0.2, 0.25) is 0 Å². The Morgan fingerprint density at radius 3 is 1.92 bits per heavy atom. The van der Waals surface area contributed by atoms with Crippen LogP contribution < -0.4 is 37.1 Å². The minimum Gasteiger partial charge on any atom is -0.489 e. The Balaban J connectivity index is 1.18. The van der Waals surface area contributed by atoms with E-state index in [-0.39, 0.29) is 38.6 Å². The largest absolute Gasteiger partial charge is 0.489 e. The number of para-hydroxylation sites is 1. The summed E-state index contributed by atoms with van der Waals surface area (Å²) in [5.41, 5.74) is 10.5. The van der Waals surface area contributed by atoms with Crippen molar-refractivity contribution in [2.24, 2.45) is 5.73 Å². The zero-order valence-corrected chi connectivity index (χ0v) is 42.8. The minimum absolute atomic E-state index is 0.000308. The number of fused-ring (bicyclic) bond motifs is 2. The fourth-order valence-corrected chi connectivity index (χ4v) is 10.2. The number of nitrogens with zero attached hydrogens (tertiary/aromatic N) is 2. The number of nitrogens with two attached hydrogens (primary N) is 1. The zero-order valence-electron chi connectivity index (χ0n) is 40.5. The standard InChI is InChI=1S/C55H64N8O8P2/c56-27-13-12-21-43-50(64)58-44(28-36-23-25-40(26-24-36)70-34-37-16-6-2-7-17-37)51(65)60-46(29-35-14-4-1-5-15-35)55(69)62-33-41(71-73)31-48(62)53(67)61-49(38-18-8-3-9-19-38)54(68)59-45(52(66)57-43)30-39-32-63(72)47-22-11-10-20-42(39)47/h1-11,14-20,22-26,32,41,43-46,48-49,54,59,68H,12-13,21,27-31,33-34,56,72-73H2,(H,57,66)(H,58,64)(H,60,65)(H,61,67)/t41?,43-,44-,45?,46-,48+,49-,54?/m1/s1. The van der Waals surface area contributed by atoms with Crippen molar-refractivity contribution in [1.29, 1.82) is 0 Å². The molecular weight excluding hydrogens is 963 g/mol. The first kappa shape index (κ1) is 52.8. The van der Waals surface area contributed by atoms with Gasteiger partial charge in [-0.1, -0.05) is 121 Å². The monoisotopic (exact) mass is 1030 g/mol. The molecule has 18 heteroatoms. The Labute approximate surface area is 430 Å². The Bertz CT molecular complexity index is 2810. The summed E-state index contributed by atoms with van der Waals surface area (Å²) in [6.07, 6.45) is 1.16. The fourth-order valence-electron chi connectivity index (χ4n) is 9.57. The van der Waals surface area contributed by atoms with Gasteiger partial charge in [0.2, 0.25) is 29.5 Å². The van der Waals surface area contributed by atoms with Gasteiger partial charge in [-0.2, -0.15) is 0 Å². The number of ether oxygens (including phenoxy) is 1. The van der Waals surface area contributed by atoms with E-state index in [9.17, 15) is 24.3 Å². The molecule has 5 aromatic carbocycles. The first-order chi connectivity index (χ1) is 35.5. The van der Waals surface area contributed by atoms with Gasteiger partial charge >= 0.3 is 0 Å². The van der Waals surface area contributed by atoms with Gasteiger partial charge in [-0.15, -0.1) is 0 Å². The van der Waals surface area contributed by atoms with E-state index in [1.165, 1.54) is 4.90 Å². The van der Waals surface area contributed by atoms with E-state index in [2.05, 4.69) is 45.4 Å². The van der Waals surface area contributed by atoms with Crippen molar-refractivity contribution in [1.82, 2.24) is 35.8 Å². The van der Waals surface area contributed by atoms with Crippen LogP contribution in [0.3, 0.4) is 0 Å². The van der Waals surface area contributed by atoms with Gasteiger partial charge in [0.1, 0.15) is 42.8 Å². The second kappa shape index (κ2) is 25.4. The Morgan fingerprint density at radius 2 is 1.22 bits per heavy atom. The molecule has 2 aliphatic rings. The van der Waals surface area contributed by atoms with Crippen LogP contribution in [0.4, 0.5) is 0 Å². The summed E-state index contributed by atoms with van der Waals surface area (Å²) in [5, 5.41) is 28.3. The number of carbonyl (C=O) groups excluding carboxylic acids is 5. The summed E-state index contributed by atoms with van der Waals surface area (Å²) in [7, 11) is 4.87. The van der Waals surface area contributed by atoms with Crippen molar-refractivity contribution in [3.8, 4) is 5.75 Å². The molecule has 0 spiro atoms. The number of rotatable bonds is 15. The van der Waals surface area contributed by atoms with Gasteiger partial charge in [-0.3, -0.25) is 29.3 Å². The number of nitrogens with one attached hydrogen (secondary N) is 5. The molecule has 2 aliphatic heterocycles. The molecule has 2 saturated heterocycles. The van der Waals surface area contributed by atoms with Crippen LogP contribution in [-0.2, 0) is 54.4 Å². The third-order valence-electron chi connectivity index (χ3n) is 13.5. The lowest BCUT2D eigenvalue weighted by molar-refractivity contribution is -0.142. The van der Waals surface area contributed by atoms with E-state index < -0.39 is 78.1 Å². The molecular formula is C55H64N8O8P2. The molecule has 0 saturated carbocycles. The van der Waals surface area contributed by atoms with Gasteiger partial charge < -0.3 is 50.6 Å². The summed E-state index contributed by atoms with van der Waals surface area (Å²) in [6.45, 7) is 0.717. The molecule has 0 radical (unpaired) electrons. The SMILES string of the molecule is NCCCC[C@H]1NC(=O)C(Cc2cn(P)c3ccccc23)NC(O)[C@@H](c2ccccc2)NC(=O)[C@@H]2CC(OP)CN2C(=O)[C@@H](Cc2ccccc2)NC(=O)[C@@H](Cc2ccc(OCc3ccccc3)cc2)NC1=O. The predicted molar refractivity (Wildman–Crippen MR) is 285 cm³/mol. The highest BCUT2D eigenvalue weighted by Gasteiger charge is 2.44. The molecule has 382 valence electrons. The average molecular weight is 1030 g/mol. The van der Waals surface area contributed by atoms with Crippen molar-refractivity contribution in [3.05, 3.63) is 174 Å². The average Bonchev–Trinajstić information content (AvgIpc) is 4.00. The lowest BCUT2D eigenvalue weighted by Crippen LogP contribution is -2.61. The lowest BCUT2D eigenvalue weighted by Gasteiger charge is -2.33. The quantitative estimate of drug-likeness (QED) is 0.0569. The highest BCUT2D eigenvalue weighted by molar-refractivity contribution is 7.14. The molecule has 0 bridgehead atoms. The molecule has 10 atom stereocenters. The minimum atomic E-state index is -1.57. The fraction of sp³-hybridized carbons (Fsp3) is 0.327. The van der Waals surface area contributed by atoms with Crippen LogP contribution in [-0.4, -0.2) is 99.5 Å². The van der Waals surface area contributed by atoms with E-state index in [0.717, 1.165) is 27.6 Å². The first-order valence-electron chi connectivity index (χ1n) is 24.7. The van der Waals surface area contributed by atoms with Crippen LogP contribution in [0.15, 0.2) is 146 Å². The van der Waals surface area contributed by atoms with Crippen molar-refractivity contribution in [2.45, 2.75) is 100 Å². The van der Waals surface area contributed by atoms with Gasteiger partial charge in [-0.25, -0.2) is 0 Å². The van der Waals surface area contributed by atoms with Gasteiger partial charge in [0.05, 0.1) is 23.7 Å². The van der Waals surface area contributed by atoms with Crippen LogP contribution in [0, 0.1) is 0 Å². The number of aliphatic hydroxyl groups is 1. The molecule has 5 unspecified atom stereocenters. The summed E-state index contributed by atoms with van der Waals surface area (Å²) < 4.78 is 13.6. The van der Waals surface area contributed by atoms with Crippen molar-refractivity contribution in [2.75, 3.05) is 13.1 Å². The Morgan fingerprint density at radius 1 is 0.630 bits per heavy atom. The molecule has 0 aliphatic carbocycles. The second-order valence-corrected chi connectivity index (χ2v) is 19.5. The predicted octanol–water partition coefficient (Wildman–Crippen LogP) is 4.39. The highest BCUT2D eigenvalue weighted by atomic mass is 31.0. The number of aromatic nitrogens is 1. The molecule has 3 heterocycles. The maximum Gasteiger partial charge on any atom is 0.246 e. The molecule has 8 rings (SSSR count). The summed E-state index contributed by atoms with van der Waals surface area (Å²) in [5.74, 6) is -2.40. The van der Waals surface area contributed by atoms with Gasteiger partial charge in [0, 0.05) is 46.9 Å². The first-order valence-corrected chi connectivity index (χ1v) is 25.7. The third-order valence-corrected chi connectivity index (χ3v) is 14.3. The number of hydrogen-bond acceptors (Lipinski definition) is 10. The summed E-state index contributed by atoms with van der Waals surface area (Å²) in [6, 6.07) is 35.7. The van der Waals surface area contributed by atoms with E-state index >= 15 is 4.79 Å². The molecule has 16 nitrogen and oxygen atoms in total. The van der Waals surface area contributed by atoms with Crippen molar-refractivity contribution in [3.63, 3.8) is 0 Å². The number of hydrogen-bond donors (Lipinski definition) is 7. The topological polar surface area (TPSA) is 218 Å². The number of carbonyl (C=O) groups is 5. The van der Waals surface area contributed by atoms with E-state index in [1.54, 1.807) is 42.5 Å². The Hall–Kier alpha value is -6.51. The Kier molecular flexibility index (Phi) is 18.4. The van der Waals surface area contributed by atoms with Crippen molar-refractivity contribution >= 4 is 59.3 Å². The van der Waals surface area contributed by atoms with Gasteiger partial charge in [0.25, 0.3) is 0 Å². The number of unbranched alkanes of at least 4 members (excludes halogenated alkanes) is 1. The lowest BCUT2D eigenvalue weighted by atomic mass is 9.99. The molecule has 73 heavy (non-hydrogen) atoms. The van der Waals surface area contributed by atoms with Gasteiger partial charge in [0.15, 0.2) is 0 Å². The van der Waals surface area contributed by atoms with Gasteiger partial charge in [-0.05, 0) is 87.6 Å². The molecule has 5 amide bonds. The number of aliphatic hydroxyl groups excluding tert-OH is 1. The smallest absolute Gasteiger partial charge is 0.246 e. The van der Waals surface area contributed by atoms with E-state index in [4.69, 9.17) is 15.0 Å². The van der Waals surface area contributed by atoms with Crippen LogP contribution in [0.1, 0.15) is 59.5 Å². The van der Waals surface area contributed by atoms with Crippen LogP contribution >= 0.6 is 18.9 Å². The maximum atomic E-state index is 15.1. The third kappa shape index (κ3) is 13.8. The van der Waals surface area contributed by atoms with E-state index in [1.807, 2.05) is 108 Å². The molecule has 6 aromatic rings. The maximum absolute atomic E-state index is 15.1. The highest BCUT2D eigenvalue weighted by Crippen LogP contribution is 2.28. The molecule has 8 N–H and O–H groups in total. The molecule has 2 fully saturated rings. The van der Waals surface area contributed by atoms with Crippen LogP contribution in [0.25, 0.3) is 10.9 Å². The van der Waals surface area contributed by atoms with E-state index in [0.29, 0.717) is 42.9 Å². The van der Waals surface area contributed by atoms with Crippen molar-refractivity contribution < 1.29 is 38.3 Å². The number of benzene rings is 5. The molecule has 1 aromatic heterocycles. The normalized spacial score (nSPS) is 23.4. The number of amides is 5. The summed E-state index contributed by atoms with van der Waals surface area (Å²) in [4.78, 5) is 76.1. The second-order valence-electron chi connectivity index (χ2n) is 18.6. The summed E-state index contributed by atoms with van der Waals surface area (Å²) >= 11 is 0. The van der Waals surface area contributed by atoms with Crippen LogP contribution in [0.5, 0.6) is 5.75 Å².